The first-order valence-corrected chi connectivity index (χ1v) is 7.82. The molecule has 1 fully saturated rings. The van der Waals surface area contributed by atoms with Crippen molar-refractivity contribution in [1.82, 2.24) is 15.1 Å². The van der Waals surface area contributed by atoms with E-state index in [0.717, 1.165) is 18.7 Å². The number of hydrogen-bond donors (Lipinski definition) is 1. The van der Waals surface area contributed by atoms with Crippen LogP contribution in [0.25, 0.3) is 0 Å². The topological polar surface area (TPSA) is 67.2 Å². The molecule has 0 aliphatic carbocycles. The Kier molecular flexibility index (Phi) is 4.41. The number of rotatable bonds is 5. The van der Waals surface area contributed by atoms with Gasteiger partial charge in [-0.05, 0) is 37.6 Å². The molecule has 1 aliphatic heterocycles. The third-order valence-electron chi connectivity index (χ3n) is 3.89. The van der Waals surface area contributed by atoms with Crippen LogP contribution in [-0.4, -0.2) is 34.2 Å². The van der Waals surface area contributed by atoms with Crippen LogP contribution >= 0.6 is 0 Å². The lowest BCUT2D eigenvalue weighted by atomic mass is 10.1. The average molecular weight is 312 g/mol. The zero-order chi connectivity index (χ0) is 16.2. The lowest BCUT2D eigenvalue weighted by molar-refractivity contribution is -0.117. The fraction of sp³-hybridized carbons (Fsp3) is 0.353. The molecule has 0 radical (unpaired) electrons. The summed E-state index contributed by atoms with van der Waals surface area (Å²) in [6.07, 6.45) is 5.03. The molecule has 2 heterocycles. The third-order valence-corrected chi connectivity index (χ3v) is 3.89. The van der Waals surface area contributed by atoms with Gasteiger partial charge < -0.3 is 10.2 Å². The molecule has 1 aliphatic rings. The second kappa shape index (κ2) is 6.64. The summed E-state index contributed by atoms with van der Waals surface area (Å²) >= 11 is 0. The molecular formula is C17H20N4O2. The highest BCUT2D eigenvalue weighted by Gasteiger charge is 2.22. The predicted molar refractivity (Wildman–Crippen MR) is 87.2 cm³/mol. The first-order valence-electron chi connectivity index (χ1n) is 7.82. The first-order chi connectivity index (χ1) is 11.1. The van der Waals surface area contributed by atoms with Crippen LogP contribution in [0.1, 0.15) is 30.1 Å². The first kappa shape index (κ1) is 15.3. The lowest BCUT2D eigenvalue weighted by Crippen LogP contribution is -2.36. The molecule has 2 amide bonds. The molecule has 23 heavy (non-hydrogen) atoms. The Morgan fingerprint density at radius 2 is 2.26 bits per heavy atom. The van der Waals surface area contributed by atoms with Crippen LogP contribution in [0.3, 0.4) is 0 Å². The van der Waals surface area contributed by atoms with Crippen LogP contribution in [0, 0.1) is 0 Å². The second-order valence-corrected chi connectivity index (χ2v) is 5.80. The summed E-state index contributed by atoms with van der Waals surface area (Å²) in [7, 11) is 0. The van der Waals surface area contributed by atoms with Crippen molar-refractivity contribution >= 4 is 17.5 Å². The van der Waals surface area contributed by atoms with Crippen molar-refractivity contribution in [2.24, 2.45) is 0 Å². The molecule has 1 N–H and O–H groups in total. The Balaban J connectivity index is 1.66. The van der Waals surface area contributed by atoms with Crippen molar-refractivity contribution < 1.29 is 9.59 Å². The summed E-state index contributed by atoms with van der Waals surface area (Å²) in [6, 6.07) is 9.03. The van der Waals surface area contributed by atoms with E-state index in [1.807, 2.05) is 31.3 Å². The van der Waals surface area contributed by atoms with Crippen molar-refractivity contribution in [3.05, 3.63) is 48.3 Å². The normalized spacial score (nSPS) is 15.7. The maximum atomic E-state index is 12.4. The molecule has 0 bridgehead atoms. The van der Waals surface area contributed by atoms with Crippen LogP contribution in [0.2, 0.25) is 0 Å². The zero-order valence-electron chi connectivity index (χ0n) is 13.1. The van der Waals surface area contributed by atoms with E-state index in [0.29, 0.717) is 18.5 Å². The van der Waals surface area contributed by atoms with E-state index in [4.69, 9.17) is 0 Å². The van der Waals surface area contributed by atoms with Gasteiger partial charge in [0.1, 0.15) is 0 Å². The molecule has 0 spiro atoms. The second-order valence-electron chi connectivity index (χ2n) is 5.80. The number of carbonyl (C=O) groups is 2. The minimum absolute atomic E-state index is 0.0422. The van der Waals surface area contributed by atoms with E-state index >= 15 is 0 Å². The van der Waals surface area contributed by atoms with Gasteiger partial charge in [-0.25, -0.2) is 0 Å². The Labute approximate surface area is 135 Å². The van der Waals surface area contributed by atoms with Gasteiger partial charge in [0, 0.05) is 42.7 Å². The van der Waals surface area contributed by atoms with Gasteiger partial charge in [0.05, 0.1) is 6.54 Å². The zero-order valence-corrected chi connectivity index (χ0v) is 13.1. The Morgan fingerprint density at radius 3 is 2.96 bits per heavy atom. The van der Waals surface area contributed by atoms with Crippen LogP contribution < -0.4 is 10.2 Å². The van der Waals surface area contributed by atoms with Crippen molar-refractivity contribution in [2.45, 2.75) is 32.4 Å². The molecule has 1 atom stereocenters. The number of anilines is 1. The number of carbonyl (C=O) groups excluding carboxylic acids is 2. The summed E-state index contributed by atoms with van der Waals surface area (Å²) in [5.74, 6) is -0.0206. The molecule has 0 saturated carbocycles. The number of hydrogen-bond acceptors (Lipinski definition) is 3. The maximum Gasteiger partial charge on any atom is 0.251 e. The Morgan fingerprint density at radius 1 is 1.39 bits per heavy atom. The van der Waals surface area contributed by atoms with Gasteiger partial charge in [0.15, 0.2) is 0 Å². The van der Waals surface area contributed by atoms with E-state index in [-0.39, 0.29) is 17.9 Å². The van der Waals surface area contributed by atoms with Gasteiger partial charge in [0.2, 0.25) is 5.91 Å². The smallest absolute Gasteiger partial charge is 0.251 e. The number of nitrogens with zero attached hydrogens (tertiary/aromatic N) is 3. The summed E-state index contributed by atoms with van der Waals surface area (Å²) in [5, 5.41) is 7.09. The van der Waals surface area contributed by atoms with E-state index in [2.05, 4.69) is 10.4 Å². The van der Waals surface area contributed by atoms with Crippen LogP contribution in [0.15, 0.2) is 42.7 Å². The molecule has 0 unspecified atom stereocenters. The van der Waals surface area contributed by atoms with Gasteiger partial charge in [-0.2, -0.15) is 5.10 Å². The molecule has 3 rings (SSSR count). The van der Waals surface area contributed by atoms with Crippen LogP contribution in [0.4, 0.5) is 5.69 Å². The molecule has 6 heteroatoms. The minimum atomic E-state index is -0.141. The fourth-order valence-corrected chi connectivity index (χ4v) is 2.78. The van der Waals surface area contributed by atoms with E-state index in [9.17, 15) is 9.59 Å². The monoisotopic (exact) mass is 312 g/mol. The molecule has 1 aromatic carbocycles. The van der Waals surface area contributed by atoms with Gasteiger partial charge in [-0.3, -0.25) is 14.3 Å². The van der Waals surface area contributed by atoms with Gasteiger partial charge in [-0.1, -0.05) is 6.07 Å². The minimum Gasteiger partial charge on any atom is -0.348 e. The third kappa shape index (κ3) is 3.59. The van der Waals surface area contributed by atoms with Gasteiger partial charge in [0.25, 0.3) is 5.91 Å². The van der Waals surface area contributed by atoms with Crippen LogP contribution in [0.5, 0.6) is 0 Å². The van der Waals surface area contributed by atoms with Crippen molar-refractivity contribution in [2.75, 3.05) is 11.4 Å². The SMILES string of the molecule is C[C@@H](Cn1cccn1)NC(=O)c1cccc(N2CCCC2=O)c1. The quantitative estimate of drug-likeness (QED) is 0.916. The number of benzene rings is 1. The van der Waals surface area contributed by atoms with Crippen molar-refractivity contribution in [3.63, 3.8) is 0 Å². The predicted octanol–water partition coefficient (Wildman–Crippen LogP) is 1.83. The molecule has 2 aromatic rings. The Bertz CT molecular complexity index is 696. The summed E-state index contributed by atoms with van der Waals surface area (Å²) < 4.78 is 1.78. The standard InChI is InChI=1S/C17H20N4O2/c1-13(12-20-9-4-8-18-20)19-17(23)14-5-2-6-15(11-14)21-10-3-7-16(21)22/h2,4-6,8-9,11,13H,3,7,10,12H2,1H3,(H,19,23)/t13-/m0/s1. The van der Waals surface area contributed by atoms with Gasteiger partial charge >= 0.3 is 0 Å². The van der Waals surface area contributed by atoms with Crippen molar-refractivity contribution in [3.8, 4) is 0 Å². The molecular weight excluding hydrogens is 292 g/mol. The molecule has 1 aromatic heterocycles. The molecule has 6 nitrogen and oxygen atoms in total. The van der Waals surface area contributed by atoms with E-state index in [1.54, 1.807) is 27.9 Å². The fourth-order valence-electron chi connectivity index (χ4n) is 2.78. The largest absolute Gasteiger partial charge is 0.348 e. The highest BCUT2D eigenvalue weighted by atomic mass is 16.2. The van der Waals surface area contributed by atoms with E-state index in [1.165, 1.54) is 0 Å². The summed E-state index contributed by atoms with van der Waals surface area (Å²) in [6.45, 7) is 3.27. The number of amides is 2. The summed E-state index contributed by atoms with van der Waals surface area (Å²) in [4.78, 5) is 26.0. The average Bonchev–Trinajstić information content (AvgIpc) is 3.19. The highest BCUT2D eigenvalue weighted by Crippen LogP contribution is 2.22. The van der Waals surface area contributed by atoms with Gasteiger partial charge in [-0.15, -0.1) is 0 Å². The highest BCUT2D eigenvalue weighted by molar-refractivity contribution is 5.99. The van der Waals surface area contributed by atoms with E-state index < -0.39 is 0 Å². The molecule has 1 saturated heterocycles. The number of nitrogens with one attached hydrogen (secondary N) is 1. The molecule has 120 valence electrons. The maximum absolute atomic E-state index is 12.4. The lowest BCUT2D eigenvalue weighted by Gasteiger charge is -2.18. The van der Waals surface area contributed by atoms with Crippen molar-refractivity contribution in [1.29, 1.82) is 0 Å². The Hall–Kier alpha value is -2.63. The summed E-state index contributed by atoms with van der Waals surface area (Å²) in [5.41, 5.74) is 1.36. The number of aromatic nitrogens is 2. The van der Waals surface area contributed by atoms with Crippen LogP contribution in [-0.2, 0) is 11.3 Å².